The summed E-state index contributed by atoms with van der Waals surface area (Å²) in [7, 11) is 3.09. The van der Waals surface area contributed by atoms with E-state index >= 15 is 0 Å². The van der Waals surface area contributed by atoms with Crippen LogP contribution in [0, 0.1) is 0 Å². The average molecular weight is 333 g/mol. The highest BCUT2D eigenvalue weighted by Crippen LogP contribution is 2.35. The number of ether oxygens (including phenoxy) is 2. The standard InChI is InChI=1S/C17H17ClN2O3/c1-11(21)20-14-6-4-13(5-7-14)19-10-12-8-15(18)17(23-3)16(9-12)22-2/h4-10H,1-3H3,(H,20,21). The van der Waals surface area contributed by atoms with E-state index in [1.807, 2.05) is 12.1 Å². The summed E-state index contributed by atoms with van der Waals surface area (Å²) in [6, 6.07) is 10.7. The van der Waals surface area contributed by atoms with E-state index in [9.17, 15) is 4.79 Å². The summed E-state index contributed by atoms with van der Waals surface area (Å²) in [6.45, 7) is 1.47. The van der Waals surface area contributed by atoms with Gasteiger partial charge in [-0.25, -0.2) is 0 Å². The van der Waals surface area contributed by atoms with Crippen LogP contribution in [0.1, 0.15) is 12.5 Å². The maximum Gasteiger partial charge on any atom is 0.221 e. The average Bonchev–Trinajstić information content (AvgIpc) is 2.53. The normalized spacial score (nSPS) is 10.6. The molecule has 0 heterocycles. The highest BCUT2D eigenvalue weighted by molar-refractivity contribution is 6.32. The molecule has 0 spiro atoms. The van der Waals surface area contributed by atoms with Gasteiger partial charge in [-0.05, 0) is 42.0 Å². The van der Waals surface area contributed by atoms with Crippen LogP contribution < -0.4 is 14.8 Å². The number of benzene rings is 2. The SMILES string of the molecule is COc1cc(C=Nc2ccc(NC(C)=O)cc2)cc(Cl)c1OC. The van der Waals surface area contributed by atoms with Gasteiger partial charge in [0, 0.05) is 18.8 Å². The van der Waals surface area contributed by atoms with Crippen molar-refractivity contribution in [1.29, 1.82) is 0 Å². The second-order valence-electron chi connectivity index (χ2n) is 4.72. The number of rotatable bonds is 5. The van der Waals surface area contributed by atoms with E-state index < -0.39 is 0 Å². The first-order valence-corrected chi connectivity index (χ1v) is 7.24. The lowest BCUT2D eigenvalue weighted by Crippen LogP contribution is -2.04. The van der Waals surface area contributed by atoms with E-state index in [0.29, 0.717) is 16.5 Å². The quantitative estimate of drug-likeness (QED) is 0.840. The molecular formula is C17H17ClN2O3. The number of carbonyl (C=O) groups excluding carboxylic acids is 1. The summed E-state index contributed by atoms with van der Waals surface area (Å²) in [5.74, 6) is 0.926. The van der Waals surface area contributed by atoms with Crippen molar-refractivity contribution in [2.24, 2.45) is 4.99 Å². The zero-order chi connectivity index (χ0) is 16.8. The monoisotopic (exact) mass is 332 g/mol. The van der Waals surface area contributed by atoms with Crippen LogP contribution >= 0.6 is 11.6 Å². The van der Waals surface area contributed by atoms with Gasteiger partial charge in [0.2, 0.25) is 5.91 Å². The fourth-order valence-corrected chi connectivity index (χ4v) is 2.29. The first-order chi connectivity index (χ1) is 11.0. The van der Waals surface area contributed by atoms with Crippen molar-refractivity contribution in [3.63, 3.8) is 0 Å². The number of hydrogen-bond acceptors (Lipinski definition) is 4. The molecule has 0 bridgehead atoms. The summed E-state index contributed by atoms with van der Waals surface area (Å²) in [6.07, 6.45) is 1.68. The molecule has 0 atom stereocenters. The lowest BCUT2D eigenvalue weighted by atomic mass is 10.2. The molecule has 2 aromatic rings. The van der Waals surface area contributed by atoms with Crippen molar-refractivity contribution in [3.8, 4) is 11.5 Å². The molecule has 0 aliphatic rings. The number of nitrogens with zero attached hydrogens (tertiary/aromatic N) is 1. The summed E-state index contributed by atoms with van der Waals surface area (Å²) < 4.78 is 10.4. The summed E-state index contributed by atoms with van der Waals surface area (Å²) in [5, 5.41) is 3.16. The van der Waals surface area contributed by atoms with Gasteiger partial charge in [-0.3, -0.25) is 9.79 Å². The second-order valence-corrected chi connectivity index (χ2v) is 5.13. The zero-order valence-corrected chi connectivity index (χ0v) is 13.8. The van der Waals surface area contributed by atoms with Crippen molar-refractivity contribution in [2.75, 3.05) is 19.5 Å². The predicted molar refractivity (Wildman–Crippen MR) is 92.6 cm³/mol. The minimum Gasteiger partial charge on any atom is -0.493 e. The first-order valence-electron chi connectivity index (χ1n) is 6.86. The minimum absolute atomic E-state index is 0.110. The lowest BCUT2D eigenvalue weighted by molar-refractivity contribution is -0.114. The van der Waals surface area contributed by atoms with Gasteiger partial charge in [-0.2, -0.15) is 0 Å². The molecule has 120 valence electrons. The summed E-state index contributed by atoms with van der Waals surface area (Å²) >= 11 is 6.16. The largest absolute Gasteiger partial charge is 0.493 e. The summed E-state index contributed by atoms with van der Waals surface area (Å²) in [5.41, 5.74) is 2.27. The number of halogens is 1. The van der Waals surface area contributed by atoms with Crippen LogP contribution in [0.4, 0.5) is 11.4 Å². The van der Waals surface area contributed by atoms with Crippen LogP contribution in [-0.2, 0) is 4.79 Å². The Hall–Kier alpha value is -2.53. The van der Waals surface area contributed by atoms with E-state index in [-0.39, 0.29) is 5.91 Å². The molecular weight excluding hydrogens is 316 g/mol. The Morgan fingerprint density at radius 3 is 2.43 bits per heavy atom. The van der Waals surface area contributed by atoms with E-state index in [1.165, 1.54) is 14.0 Å². The smallest absolute Gasteiger partial charge is 0.221 e. The van der Waals surface area contributed by atoms with Crippen LogP contribution in [0.5, 0.6) is 11.5 Å². The van der Waals surface area contributed by atoms with E-state index in [2.05, 4.69) is 10.3 Å². The topological polar surface area (TPSA) is 59.9 Å². The summed E-state index contributed by atoms with van der Waals surface area (Å²) in [4.78, 5) is 15.4. The van der Waals surface area contributed by atoms with Gasteiger partial charge in [-0.15, -0.1) is 0 Å². The van der Waals surface area contributed by atoms with Gasteiger partial charge in [0.1, 0.15) is 0 Å². The van der Waals surface area contributed by atoms with Crippen molar-refractivity contribution in [3.05, 3.63) is 47.0 Å². The molecule has 5 nitrogen and oxygen atoms in total. The Morgan fingerprint density at radius 1 is 1.17 bits per heavy atom. The predicted octanol–water partition coefficient (Wildman–Crippen LogP) is 4.07. The van der Waals surface area contributed by atoms with Crippen molar-refractivity contribution in [1.82, 2.24) is 0 Å². The van der Waals surface area contributed by atoms with Gasteiger partial charge < -0.3 is 14.8 Å². The Balaban J connectivity index is 2.19. The van der Waals surface area contributed by atoms with Crippen molar-refractivity contribution >= 4 is 35.1 Å². The molecule has 0 radical (unpaired) electrons. The molecule has 1 N–H and O–H groups in total. The number of amides is 1. The van der Waals surface area contributed by atoms with Gasteiger partial charge >= 0.3 is 0 Å². The molecule has 0 saturated heterocycles. The minimum atomic E-state index is -0.110. The van der Waals surface area contributed by atoms with Gasteiger partial charge in [-0.1, -0.05) is 11.6 Å². The Morgan fingerprint density at radius 2 is 1.87 bits per heavy atom. The maximum atomic E-state index is 11.0. The molecule has 0 saturated carbocycles. The van der Waals surface area contributed by atoms with Gasteiger partial charge in [0.25, 0.3) is 0 Å². The molecule has 0 aliphatic carbocycles. The number of carbonyl (C=O) groups is 1. The van der Waals surface area contributed by atoms with Crippen molar-refractivity contribution < 1.29 is 14.3 Å². The number of hydrogen-bond donors (Lipinski definition) is 1. The lowest BCUT2D eigenvalue weighted by Gasteiger charge is -2.09. The maximum absolute atomic E-state index is 11.0. The van der Waals surface area contributed by atoms with Crippen molar-refractivity contribution in [2.45, 2.75) is 6.92 Å². The van der Waals surface area contributed by atoms with E-state index in [1.54, 1.807) is 37.6 Å². The highest BCUT2D eigenvalue weighted by atomic mass is 35.5. The number of methoxy groups -OCH3 is 2. The number of anilines is 1. The highest BCUT2D eigenvalue weighted by Gasteiger charge is 2.09. The third-order valence-electron chi connectivity index (χ3n) is 3.01. The zero-order valence-electron chi connectivity index (χ0n) is 13.1. The molecule has 1 amide bonds. The number of nitrogens with one attached hydrogen (secondary N) is 1. The van der Waals surface area contributed by atoms with Gasteiger partial charge in [0.15, 0.2) is 11.5 Å². The van der Waals surface area contributed by atoms with Crippen LogP contribution in [0.25, 0.3) is 0 Å². The Kier molecular flexibility index (Phi) is 5.60. The Bertz CT molecular complexity index is 727. The van der Waals surface area contributed by atoms with E-state index in [0.717, 1.165) is 16.9 Å². The third kappa shape index (κ3) is 4.47. The van der Waals surface area contributed by atoms with Crippen LogP contribution in [0.15, 0.2) is 41.4 Å². The molecule has 6 heteroatoms. The molecule has 0 aromatic heterocycles. The fourth-order valence-electron chi connectivity index (χ4n) is 2.00. The molecule has 2 rings (SSSR count). The molecule has 0 aliphatic heterocycles. The van der Waals surface area contributed by atoms with E-state index in [4.69, 9.17) is 21.1 Å². The van der Waals surface area contributed by atoms with Crippen LogP contribution in [0.3, 0.4) is 0 Å². The molecule has 0 unspecified atom stereocenters. The fraction of sp³-hybridized carbons (Fsp3) is 0.176. The molecule has 0 fully saturated rings. The Labute approximate surface area is 139 Å². The van der Waals surface area contributed by atoms with Crippen LogP contribution in [-0.4, -0.2) is 26.3 Å². The number of aliphatic imine (C=N–C) groups is 1. The second kappa shape index (κ2) is 7.65. The van der Waals surface area contributed by atoms with Gasteiger partial charge in [0.05, 0.1) is 24.9 Å². The molecule has 2 aromatic carbocycles. The first kappa shape index (κ1) is 16.8. The van der Waals surface area contributed by atoms with Crippen LogP contribution in [0.2, 0.25) is 5.02 Å². The molecule has 23 heavy (non-hydrogen) atoms. The third-order valence-corrected chi connectivity index (χ3v) is 3.29.